The average molecular weight is 317 g/mol. The third kappa shape index (κ3) is 5.33. The standard InChI is InChI=1S/C19H31N3O/c1-2-16-8-10-17(11-9-16)18-15-21-13-14-22(18)19(23)7-5-3-4-6-12-20/h8-11,18,21H,2-7,12-15,20H2,1H3. The SMILES string of the molecule is CCc1ccc(C2CNCCN2C(=O)CCCCCCN)cc1. The van der Waals surface area contributed by atoms with Crippen LogP contribution in [0.15, 0.2) is 24.3 Å². The summed E-state index contributed by atoms with van der Waals surface area (Å²) >= 11 is 0. The predicted octanol–water partition coefficient (Wildman–Crippen LogP) is 2.63. The summed E-state index contributed by atoms with van der Waals surface area (Å²) in [6.07, 6.45) is 5.99. The minimum Gasteiger partial charge on any atom is -0.333 e. The molecule has 1 amide bonds. The average Bonchev–Trinajstić information content (AvgIpc) is 2.61. The molecular formula is C19H31N3O. The number of hydrogen-bond donors (Lipinski definition) is 2. The van der Waals surface area contributed by atoms with Gasteiger partial charge in [-0.1, -0.05) is 44.0 Å². The number of carbonyl (C=O) groups is 1. The summed E-state index contributed by atoms with van der Waals surface area (Å²) < 4.78 is 0. The Morgan fingerprint density at radius 1 is 1.22 bits per heavy atom. The summed E-state index contributed by atoms with van der Waals surface area (Å²) in [6.45, 7) is 5.47. The largest absolute Gasteiger partial charge is 0.333 e. The van der Waals surface area contributed by atoms with Crippen LogP contribution in [0.1, 0.15) is 56.2 Å². The molecule has 2 rings (SSSR count). The van der Waals surface area contributed by atoms with E-state index in [0.29, 0.717) is 12.3 Å². The zero-order valence-electron chi connectivity index (χ0n) is 14.4. The van der Waals surface area contributed by atoms with Crippen molar-refractivity contribution in [3.05, 3.63) is 35.4 Å². The van der Waals surface area contributed by atoms with Crippen molar-refractivity contribution in [3.63, 3.8) is 0 Å². The first kappa shape index (κ1) is 18.0. The summed E-state index contributed by atoms with van der Waals surface area (Å²) in [5.41, 5.74) is 8.09. The smallest absolute Gasteiger partial charge is 0.223 e. The molecule has 0 spiro atoms. The Hall–Kier alpha value is -1.39. The summed E-state index contributed by atoms with van der Waals surface area (Å²) in [5, 5.41) is 3.42. The lowest BCUT2D eigenvalue weighted by molar-refractivity contribution is -0.134. The molecule has 1 heterocycles. The Bertz CT molecular complexity index is 472. The number of aryl methyl sites for hydroxylation is 1. The molecule has 0 aliphatic carbocycles. The molecule has 0 bridgehead atoms. The number of unbranched alkanes of at least 4 members (excludes halogenated alkanes) is 3. The molecule has 1 fully saturated rings. The Morgan fingerprint density at radius 2 is 1.96 bits per heavy atom. The van der Waals surface area contributed by atoms with E-state index in [9.17, 15) is 4.79 Å². The lowest BCUT2D eigenvalue weighted by atomic mass is 10.00. The van der Waals surface area contributed by atoms with Gasteiger partial charge in [0.15, 0.2) is 0 Å². The number of rotatable bonds is 8. The second-order valence-corrected chi connectivity index (χ2v) is 6.36. The number of piperazine rings is 1. The lowest BCUT2D eigenvalue weighted by Crippen LogP contribution is -2.48. The highest BCUT2D eigenvalue weighted by Gasteiger charge is 2.27. The van der Waals surface area contributed by atoms with Gasteiger partial charge in [-0.05, 0) is 36.9 Å². The van der Waals surface area contributed by atoms with Gasteiger partial charge in [-0.3, -0.25) is 4.79 Å². The van der Waals surface area contributed by atoms with E-state index < -0.39 is 0 Å². The minimum atomic E-state index is 0.172. The van der Waals surface area contributed by atoms with Crippen LogP contribution < -0.4 is 11.1 Å². The number of carbonyl (C=O) groups excluding carboxylic acids is 1. The van der Waals surface area contributed by atoms with Crippen LogP contribution in [-0.2, 0) is 11.2 Å². The molecule has 23 heavy (non-hydrogen) atoms. The van der Waals surface area contributed by atoms with E-state index in [4.69, 9.17) is 5.73 Å². The van der Waals surface area contributed by atoms with Crippen LogP contribution in [0.5, 0.6) is 0 Å². The van der Waals surface area contributed by atoms with Gasteiger partial charge in [-0.15, -0.1) is 0 Å². The summed E-state index contributed by atoms with van der Waals surface area (Å²) in [7, 11) is 0. The molecule has 1 unspecified atom stereocenters. The van der Waals surface area contributed by atoms with Crippen LogP contribution in [0, 0.1) is 0 Å². The highest BCUT2D eigenvalue weighted by Crippen LogP contribution is 2.24. The zero-order valence-corrected chi connectivity index (χ0v) is 14.4. The summed E-state index contributed by atoms with van der Waals surface area (Å²) in [4.78, 5) is 14.7. The fraction of sp³-hybridized carbons (Fsp3) is 0.632. The maximum atomic E-state index is 12.6. The fourth-order valence-electron chi connectivity index (χ4n) is 3.19. The molecule has 0 saturated carbocycles. The van der Waals surface area contributed by atoms with Crippen molar-refractivity contribution in [2.45, 2.75) is 51.5 Å². The van der Waals surface area contributed by atoms with E-state index in [0.717, 1.165) is 58.3 Å². The van der Waals surface area contributed by atoms with E-state index >= 15 is 0 Å². The van der Waals surface area contributed by atoms with Crippen molar-refractivity contribution < 1.29 is 4.79 Å². The van der Waals surface area contributed by atoms with Gasteiger partial charge < -0.3 is 16.0 Å². The highest BCUT2D eigenvalue weighted by atomic mass is 16.2. The molecule has 4 heteroatoms. The molecule has 1 aliphatic heterocycles. The zero-order chi connectivity index (χ0) is 16.5. The number of nitrogens with two attached hydrogens (primary N) is 1. The van der Waals surface area contributed by atoms with Crippen molar-refractivity contribution in [1.82, 2.24) is 10.2 Å². The van der Waals surface area contributed by atoms with Crippen molar-refractivity contribution in [2.75, 3.05) is 26.2 Å². The maximum absolute atomic E-state index is 12.6. The monoisotopic (exact) mass is 317 g/mol. The Morgan fingerprint density at radius 3 is 2.65 bits per heavy atom. The first-order valence-electron chi connectivity index (χ1n) is 9.05. The number of nitrogens with zero attached hydrogens (tertiary/aromatic N) is 1. The Labute approximate surface area is 140 Å². The van der Waals surface area contributed by atoms with Gasteiger partial charge in [-0.2, -0.15) is 0 Å². The molecule has 1 atom stereocenters. The van der Waals surface area contributed by atoms with Gasteiger partial charge in [0.2, 0.25) is 5.91 Å². The van der Waals surface area contributed by atoms with Gasteiger partial charge in [0.1, 0.15) is 0 Å². The van der Waals surface area contributed by atoms with Gasteiger partial charge in [-0.25, -0.2) is 0 Å². The molecule has 0 radical (unpaired) electrons. The maximum Gasteiger partial charge on any atom is 0.223 e. The molecule has 0 aromatic heterocycles. The lowest BCUT2D eigenvalue weighted by Gasteiger charge is -2.36. The normalized spacial score (nSPS) is 18.2. The van der Waals surface area contributed by atoms with Crippen LogP contribution >= 0.6 is 0 Å². The quantitative estimate of drug-likeness (QED) is 0.725. The van der Waals surface area contributed by atoms with Crippen LogP contribution in [0.25, 0.3) is 0 Å². The fourth-order valence-corrected chi connectivity index (χ4v) is 3.19. The number of benzene rings is 1. The van der Waals surface area contributed by atoms with E-state index in [2.05, 4.69) is 41.4 Å². The van der Waals surface area contributed by atoms with E-state index in [1.165, 1.54) is 11.1 Å². The summed E-state index contributed by atoms with van der Waals surface area (Å²) in [6, 6.07) is 8.89. The minimum absolute atomic E-state index is 0.172. The molecule has 3 N–H and O–H groups in total. The van der Waals surface area contributed by atoms with E-state index in [1.54, 1.807) is 0 Å². The first-order chi connectivity index (χ1) is 11.3. The van der Waals surface area contributed by atoms with E-state index in [1.807, 2.05) is 0 Å². The van der Waals surface area contributed by atoms with Crippen LogP contribution in [0.2, 0.25) is 0 Å². The first-order valence-corrected chi connectivity index (χ1v) is 9.05. The molecule has 128 valence electrons. The molecule has 1 aromatic carbocycles. The van der Waals surface area contributed by atoms with Crippen LogP contribution in [0.4, 0.5) is 0 Å². The van der Waals surface area contributed by atoms with Crippen molar-refractivity contribution >= 4 is 5.91 Å². The van der Waals surface area contributed by atoms with Crippen LogP contribution in [-0.4, -0.2) is 37.0 Å². The third-order valence-corrected chi connectivity index (χ3v) is 4.68. The van der Waals surface area contributed by atoms with Gasteiger partial charge in [0, 0.05) is 26.1 Å². The van der Waals surface area contributed by atoms with Gasteiger partial charge in [0.05, 0.1) is 6.04 Å². The molecule has 4 nitrogen and oxygen atoms in total. The second-order valence-electron chi connectivity index (χ2n) is 6.36. The number of hydrogen-bond acceptors (Lipinski definition) is 3. The van der Waals surface area contributed by atoms with Gasteiger partial charge in [0.25, 0.3) is 0 Å². The highest BCUT2D eigenvalue weighted by molar-refractivity contribution is 5.76. The topological polar surface area (TPSA) is 58.4 Å². The molecular weight excluding hydrogens is 286 g/mol. The van der Waals surface area contributed by atoms with Crippen molar-refractivity contribution in [1.29, 1.82) is 0 Å². The third-order valence-electron chi connectivity index (χ3n) is 4.68. The number of nitrogens with one attached hydrogen (secondary N) is 1. The Kier molecular flexibility index (Phi) is 7.56. The van der Waals surface area contributed by atoms with Crippen LogP contribution in [0.3, 0.4) is 0 Å². The van der Waals surface area contributed by atoms with Crippen molar-refractivity contribution in [3.8, 4) is 0 Å². The molecule has 1 aliphatic rings. The molecule has 1 saturated heterocycles. The second kappa shape index (κ2) is 9.68. The predicted molar refractivity (Wildman–Crippen MR) is 95.3 cm³/mol. The molecule has 1 aromatic rings. The Balaban J connectivity index is 1.92. The number of amides is 1. The van der Waals surface area contributed by atoms with E-state index in [-0.39, 0.29) is 6.04 Å². The summed E-state index contributed by atoms with van der Waals surface area (Å²) in [5.74, 6) is 0.295. The van der Waals surface area contributed by atoms with Gasteiger partial charge >= 0.3 is 0 Å². The van der Waals surface area contributed by atoms with Crippen molar-refractivity contribution in [2.24, 2.45) is 5.73 Å².